The molecule has 2 rings (SSSR count). The molecule has 0 radical (unpaired) electrons. The van der Waals surface area contributed by atoms with E-state index in [2.05, 4.69) is 35.3 Å². The molecule has 1 aromatic rings. The number of benzene rings is 1. The lowest BCUT2D eigenvalue weighted by atomic mass is 9.95. The SMILES string of the molecule is CCN1Cc2ccccc2C(NC(=O)/C=C/CN(C)C)C1. The first-order valence-electron chi connectivity index (χ1n) is 7.52. The van der Waals surface area contributed by atoms with Crippen molar-refractivity contribution in [2.75, 3.05) is 33.7 Å². The Bertz CT molecular complexity index is 511. The fraction of sp³-hybridized carbons (Fsp3) is 0.471. The number of amides is 1. The minimum atomic E-state index is -0.0189. The van der Waals surface area contributed by atoms with Gasteiger partial charge >= 0.3 is 0 Å². The molecular formula is C17H25N3O. The third kappa shape index (κ3) is 4.41. The van der Waals surface area contributed by atoms with Crippen LogP contribution in [0.4, 0.5) is 0 Å². The van der Waals surface area contributed by atoms with Crippen molar-refractivity contribution in [3.63, 3.8) is 0 Å². The van der Waals surface area contributed by atoms with Crippen molar-refractivity contribution in [1.82, 2.24) is 15.1 Å². The summed E-state index contributed by atoms with van der Waals surface area (Å²) in [5, 5.41) is 3.13. The molecule has 0 saturated heterocycles. The molecular weight excluding hydrogens is 262 g/mol. The molecule has 4 nitrogen and oxygen atoms in total. The predicted octanol–water partition coefficient (Wildman–Crippen LogP) is 1.80. The fourth-order valence-corrected chi connectivity index (χ4v) is 2.63. The lowest BCUT2D eigenvalue weighted by molar-refractivity contribution is -0.117. The van der Waals surface area contributed by atoms with Gasteiger partial charge in [0, 0.05) is 25.7 Å². The summed E-state index contributed by atoms with van der Waals surface area (Å²) in [5.74, 6) is -0.0189. The smallest absolute Gasteiger partial charge is 0.244 e. The first-order chi connectivity index (χ1) is 10.1. The summed E-state index contributed by atoms with van der Waals surface area (Å²) in [6.07, 6.45) is 3.52. The van der Waals surface area contributed by atoms with Crippen molar-refractivity contribution in [3.8, 4) is 0 Å². The Morgan fingerprint density at radius 1 is 1.43 bits per heavy atom. The van der Waals surface area contributed by atoms with E-state index in [-0.39, 0.29) is 11.9 Å². The van der Waals surface area contributed by atoms with E-state index < -0.39 is 0 Å². The Labute approximate surface area is 127 Å². The van der Waals surface area contributed by atoms with Crippen LogP contribution >= 0.6 is 0 Å². The number of nitrogens with zero attached hydrogens (tertiary/aromatic N) is 2. The van der Waals surface area contributed by atoms with Gasteiger partial charge in [0.2, 0.25) is 5.91 Å². The van der Waals surface area contributed by atoms with Crippen molar-refractivity contribution in [3.05, 3.63) is 47.5 Å². The molecule has 0 aromatic heterocycles. The summed E-state index contributed by atoms with van der Waals surface area (Å²) in [6, 6.07) is 8.45. The fourth-order valence-electron chi connectivity index (χ4n) is 2.63. The average molecular weight is 287 g/mol. The second-order valence-corrected chi connectivity index (χ2v) is 5.75. The molecule has 0 fully saturated rings. The maximum Gasteiger partial charge on any atom is 0.244 e. The third-order valence-corrected chi connectivity index (χ3v) is 3.77. The minimum Gasteiger partial charge on any atom is -0.344 e. The van der Waals surface area contributed by atoms with Gasteiger partial charge in [0.05, 0.1) is 6.04 Å². The van der Waals surface area contributed by atoms with Gasteiger partial charge in [-0.15, -0.1) is 0 Å². The minimum absolute atomic E-state index is 0.0189. The van der Waals surface area contributed by atoms with Crippen LogP contribution in [-0.4, -0.2) is 49.4 Å². The van der Waals surface area contributed by atoms with E-state index in [9.17, 15) is 4.79 Å². The van der Waals surface area contributed by atoms with E-state index in [1.807, 2.05) is 31.1 Å². The van der Waals surface area contributed by atoms with Gasteiger partial charge in [-0.25, -0.2) is 0 Å². The largest absolute Gasteiger partial charge is 0.344 e. The van der Waals surface area contributed by atoms with Crippen molar-refractivity contribution in [2.45, 2.75) is 19.5 Å². The van der Waals surface area contributed by atoms with Gasteiger partial charge in [0.1, 0.15) is 0 Å². The number of hydrogen-bond acceptors (Lipinski definition) is 3. The molecule has 0 spiro atoms. The summed E-state index contributed by atoms with van der Waals surface area (Å²) >= 11 is 0. The Morgan fingerprint density at radius 3 is 2.90 bits per heavy atom. The second kappa shape index (κ2) is 7.38. The van der Waals surface area contributed by atoms with Crippen molar-refractivity contribution >= 4 is 5.91 Å². The highest BCUT2D eigenvalue weighted by Crippen LogP contribution is 2.26. The summed E-state index contributed by atoms with van der Waals surface area (Å²) in [6.45, 7) is 5.77. The van der Waals surface area contributed by atoms with Crippen LogP contribution < -0.4 is 5.32 Å². The van der Waals surface area contributed by atoms with E-state index in [1.54, 1.807) is 6.08 Å². The van der Waals surface area contributed by atoms with Gasteiger partial charge in [-0.2, -0.15) is 0 Å². The van der Waals surface area contributed by atoms with Crippen LogP contribution in [0.2, 0.25) is 0 Å². The second-order valence-electron chi connectivity index (χ2n) is 5.75. The molecule has 1 aromatic carbocycles. The van der Waals surface area contributed by atoms with Crippen LogP contribution in [0.5, 0.6) is 0 Å². The van der Waals surface area contributed by atoms with Crippen LogP contribution in [0.25, 0.3) is 0 Å². The van der Waals surface area contributed by atoms with Crippen LogP contribution in [-0.2, 0) is 11.3 Å². The zero-order chi connectivity index (χ0) is 15.2. The molecule has 4 heteroatoms. The lowest BCUT2D eigenvalue weighted by Gasteiger charge is -2.34. The number of nitrogens with one attached hydrogen (secondary N) is 1. The van der Waals surface area contributed by atoms with Gasteiger partial charge < -0.3 is 10.2 Å². The molecule has 0 saturated carbocycles. The van der Waals surface area contributed by atoms with Crippen LogP contribution in [0, 0.1) is 0 Å². The average Bonchev–Trinajstić information content (AvgIpc) is 2.46. The molecule has 1 aliphatic rings. The molecule has 114 valence electrons. The molecule has 1 N–H and O–H groups in total. The summed E-state index contributed by atoms with van der Waals surface area (Å²) in [7, 11) is 3.97. The number of carbonyl (C=O) groups excluding carboxylic acids is 1. The Morgan fingerprint density at radius 2 is 2.19 bits per heavy atom. The number of rotatable bonds is 5. The standard InChI is InChI=1S/C17H25N3O/c1-4-20-12-14-8-5-6-9-15(14)16(13-20)18-17(21)10-7-11-19(2)3/h5-10,16H,4,11-13H2,1-3H3,(H,18,21)/b10-7+. The van der Waals surface area contributed by atoms with Crippen molar-refractivity contribution in [1.29, 1.82) is 0 Å². The zero-order valence-corrected chi connectivity index (χ0v) is 13.2. The molecule has 0 aliphatic carbocycles. The summed E-state index contributed by atoms with van der Waals surface area (Å²) < 4.78 is 0. The highest BCUT2D eigenvalue weighted by atomic mass is 16.1. The molecule has 1 aliphatic heterocycles. The highest BCUT2D eigenvalue weighted by Gasteiger charge is 2.24. The van der Waals surface area contributed by atoms with Gasteiger partial charge in [0.25, 0.3) is 0 Å². The number of likely N-dealkylation sites (N-methyl/N-ethyl adjacent to an activating group) is 2. The molecule has 1 amide bonds. The zero-order valence-electron chi connectivity index (χ0n) is 13.2. The third-order valence-electron chi connectivity index (χ3n) is 3.77. The first kappa shape index (κ1) is 15.7. The first-order valence-corrected chi connectivity index (χ1v) is 7.52. The predicted molar refractivity (Wildman–Crippen MR) is 86.0 cm³/mol. The summed E-state index contributed by atoms with van der Waals surface area (Å²) in [4.78, 5) is 16.4. The van der Waals surface area contributed by atoms with Crippen molar-refractivity contribution < 1.29 is 4.79 Å². The van der Waals surface area contributed by atoms with Gasteiger partial charge in [-0.1, -0.05) is 37.3 Å². The number of fused-ring (bicyclic) bond motifs is 1. The number of hydrogen-bond donors (Lipinski definition) is 1. The van der Waals surface area contributed by atoms with Gasteiger partial charge in [-0.3, -0.25) is 9.69 Å². The van der Waals surface area contributed by atoms with E-state index >= 15 is 0 Å². The van der Waals surface area contributed by atoms with Crippen LogP contribution in [0.3, 0.4) is 0 Å². The number of carbonyl (C=O) groups is 1. The Hall–Kier alpha value is -1.65. The lowest BCUT2D eigenvalue weighted by Crippen LogP contribution is -2.41. The quantitative estimate of drug-likeness (QED) is 0.839. The van der Waals surface area contributed by atoms with E-state index in [0.717, 1.165) is 26.2 Å². The van der Waals surface area contributed by atoms with E-state index in [1.165, 1.54) is 11.1 Å². The molecule has 1 heterocycles. The van der Waals surface area contributed by atoms with Gasteiger partial charge in [0.15, 0.2) is 0 Å². The molecule has 1 unspecified atom stereocenters. The van der Waals surface area contributed by atoms with E-state index in [4.69, 9.17) is 0 Å². The summed E-state index contributed by atoms with van der Waals surface area (Å²) in [5.41, 5.74) is 2.56. The maximum absolute atomic E-state index is 12.1. The van der Waals surface area contributed by atoms with Crippen LogP contribution in [0.1, 0.15) is 24.1 Å². The highest BCUT2D eigenvalue weighted by molar-refractivity contribution is 5.87. The monoisotopic (exact) mass is 287 g/mol. The maximum atomic E-state index is 12.1. The normalized spacial score (nSPS) is 19.0. The van der Waals surface area contributed by atoms with Crippen LogP contribution in [0.15, 0.2) is 36.4 Å². The Kier molecular flexibility index (Phi) is 5.53. The van der Waals surface area contributed by atoms with E-state index in [0.29, 0.717) is 0 Å². The van der Waals surface area contributed by atoms with Crippen molar-refractivity contribution in [2.24, 2.45) is 0 Å². The topological polar surface area (TPSA) is 35.6 Å². The molecule has 0 bridgehead atoms. The molecule has 1 atom stereocenters. The Balaban J connectivity index is 2.05. The van der Waals surface area contributed by atoms with Gasteiger partial charge in [-0.05, 0) is 31.8 Å². The molecule has 21 heavy (non-hydrogen) atoms.